The Kier molecular flexibility index (Phi) is 5.93. The lowest BCUT2D eigenvalue weighted by molar-refractivity contribution is -0.0512. The lowest BCUT2D eigenvalue weighted by atomic mass is 10.0. The standard InChI is InChI=1S/C20H23F2NO3/c1-24-16-8-6-15(7-9-16)19(14-4-5-14)23-12-13-3-10-17(26-20(21)22)18(11-13)25-2/h3,6-11,14,19-20,23H,4-5,12H2,1-2H3. The van der Waals surface area contributed by atoms with Crippen molar-refractivity contribution in [3.05, 3.63) is 53.6 Å². The second-order valence-corrected chi connectivity index (χ2v) is 6.33. The van der Waals surface area contributed by atoms with E-state index in [-0.39, 0.29) is 11.8 Å². The van der Waals surface area contributed by atoms with Gasteiger partial charge in [0.05, 0.1) is 14.2 Å². The summed E-state index contributed by atoms with van der Waals surface area (Å²) in [4.78, 5) is 0. The summed E-state index contributed by atoms with van der Waals surface area (Å²) in [6.45, 7) is -2.26. The van der Waals surface area contributed by atoms with Crippen LogP contribution in [0.25, 0.3) is 0 Å². The molecule has 1 unspecified atom stereocenters. The van der Waals surface area contributed by atoms with Crippen LogP contribution >= 0.6 is 0 Å². The number of alkyl halides is 2. The van der Waals surface area contributed by atoms with Crippen LogP contribution in [0.4, 0.5) is 8.78 Å². The first-order valence-corrected chi connectivity index (χ1v) is 8.59. The van der Waals surface area contributed by atoms with Gasteiger partial charge in [0.2, 0.25) is 0 Å². The van der Waals surface area contributed by atoms with Gasteiger partial charge in [-0.15, -0.1) is 0 Å². The summed E-state index contributed by atoms with van der Waals surface area (Å²) in [5.74, 6) is 1.80. The van der Waals surface area contributed by atoms with Crippen molar-refractivity contribution in [2.24, 2.45) is 5.92 Å². The first-order valence-electron chi connectivity index (χ1n) is 8.59. The van der Waals surface area contributed by atoms with Crippen LogP contribution in [0.3, 0.4) is 0 Å². The molecule has 1 aliphatic carbocycles. The largest absolute Gasteiger partial charge is 0.497 e. The summed E-state index contributed by atoms with van der Waals surface area (Å²) < 4.78 is 39.7. The molecule has 3 rings (SSSR count). The van der Waals surface area contributed by atoms with Crippen LogP contribution in [-0.4, -0.2) is 20.8 Å². The molecule has 140 valence electrons. The molecule has 4 nitrogen and oxygen atoms in total. The molecule has 6 heteroatoms. The van der Waals surface area contributed by atoms with Gasteiger partial charge in [0.25, 0.3) is 0 Å². The third kappa shape index (κ3) is 4.64. The number of nitrogens with one attached hydrogen (secondary N) is 1. The van der Waals surface area contributed by atoms with E-state index in [1.165, 1.54) is 31.6 Å². The zero-order valence-electron chi connectivity index (χ0n) is 14.9. The lowest BCUT2D eigenvalue weighted by Gasteiger charge is -2.20. The number of rotatable bonds is 9. The third-order valence-corrected chi connectivity index (χ3v) is 4.54. The molecule has 2 aromatic rings. The zero-order chi connectivity index (χ0) is 18.5. The topological polar surface area (TPSA) is 39.7 Å². The Labute approximate surface area is 152 Å². The van der Waals surface area contributed by atoms with Crippen LogP contribution in [0.15, 0.2) is 42.5 Å². The molecule has 0 radical (unpaired) electrons. The van der Waals surface area contributed by atoms with Crippen molar-refractivity contribution in [1.82, 2.24) is 5.32 Å². The van der Waals surface area contributed by atoms with E-state index in [2.05, 4.69) is 22.2 Å². The van der Waals surface area contributed by atoms with E-state index in [0.29, 0.717) is 18.2 Å². The monoisotopic (exact) mass is 363 g/mol. The quantitative estimate of drug-likeness (QED) is 0.710. The van der Waals surface area contributed by atoms with Crippen molar-refractivity contribution in [2.75, 3.05) is 14.2 Å². The molecule has 0 aromatic heterocycles. The molecule has 0 amide bonds. The highest BCUT2D eigenvalue weighted by Crippen LogP contribution is 2.41. The second kappa shape index (κ2) is 8.36. The summed E-state index contributed by atoms with van der Waals surface area (Å²) in [6.07, 6.45) is 2.41. The van der Waals surface area contributed by atoms with Gasteiger partial charge in [0, 0.05) is 12.6 Å². The number of hydrogen-bond acceptors (Lipinski definition) is 4. The van der Waals surface area contributed by atoms with Crippen molar-refractivity contribution in [2.45, 2.75) is 32.0 Å². The number of ether oxygens (including phenoxy) is 3. The predicted octanol–water partition coefficient (Wildman–Crippen LogP) is 4.55. The minimum absolute atomic E-state index is 0.0418. The fraction of sp³-hybridized carbons (Fsp3) is 0.400. The van der Waals surface area contributed by atoms with E-state index in [1.807, 2.05) is 12.1 Å². The number of hydrogen-bond donors (Lipinski definition) is 1. The summed E-state index contributed by atoms with van der Waals surface area (Å²) in [5, 5.41) is 3.58. The summed E-state index contributed by atoms with van der Waals surface area (Å²) in [7, 11) is 3.09. The Balaban J connectivity index is 1.69. The highest BCUT2D eigenvalue weighted by molar-refractivity contribution is 5.43. The number of methoxy groups -OCH3 is 2. The van der Waals surface area contributed by atoms with Gasteiger partial charge in [0.15, 0.2) is 11.5 Å². The van der Waals surface area contributed by atoms with Gasteiger partial charge in [-0.2, -0.15) is 8.78 Å². The van der Waals surface area contributed by atoms with Crippen LogP contribution in [0.5, 0.6) is 17.2 Å². The molecular formula is C20H23F2NO3. The maximum absolute atomic E-state index is 12.4. The van der Waals surface area contributed by atoms with Crippen molar-refractivity contribution in [1.29, 1.82) is 0 Å². The van der Waals surface area contributed by atoms with Gasteiger partial charge in [-0.3, -0.25) is 0 Å². The Morgan fingerprint density at radius 3 is 2.31 bits per heavy atom. The predicted molar refractivity (Wildman–Crippen MR) is 94.9 cm³/mol. The normalized spacial score (nSPS) is 15.0. The van der Waals surface area contributed by atoms with E-state index in [4.69, 9.17) is 9.47 Å². The molecule has 26 heavy (non-hydrogen) atoms. The average Bonchev–Trinajstić information content (AvgIpc) is 3.48. The smallest absolute Gasteiger partial charge is 0.387 e. The minimum atomic E-state index is -2.87. The molecule has 1 saturated carbocycles. The van der Waals surface area contributed by atoms with E-state index in [9.17, 15) is 8.78 Å². The molecule has 0 heterocycles. The Morgan fingerprint density at radius 1 is 1.00 bits per heavy atom. The van der Waals surface area contributed by atoms with Crippen LogP contribution < -0.4 is 19.5 Å². The first-order chi connectivity index (χ1) is 12.6. The molecule has 0 saturated heterocycles. The molecule has 2 aromatic carbocycles. The molecule has 1 atom stereocenters. The van der Waals surface area contributed by atoms with Crippen LogP contribution in [0.2, 0.25) is 0 Å². The minimum Gasteiger partial charge on any atom is -0.497 e. The molecule has 0 spiro atoms. The first kappa shape index (κ1) is 18.5. The Morgan fingerprint density at radius 2 is 1.73 bits per heavy atom. The summed E-state index contributed by atoms with van der Waals surface area (Å²) in [5.41, 5.74) is 2.17. The van der Waals surface area contributed by atoms with Gasteiger partial charge in [-0.1, -0.05) is 18.2 Å². The van der Waals surface area contributed by atoms with Gasteiger partial charge in [0.1, 0.15) is 5.75 Å². The molecule has 0 bridgehead atoms. The maximum Gasteiger partial charge on any atom is 0.387 e. The van der Waals surface area contributed by atoms with Gasteiger partial charge in [-0.25, -0.2) is 0 Å². The van der Waals surface area contributed by atoms with E-state index in [0.717, 1.165) is 11.3 Å². The van der Waals surface area contributed by atoms with Gasteiger partial charge < -0.3 is 19.5 Å². The molecule has 0 aliphatic heterocycles. The van der Waals surface area contributed by atoms with Gasteiger partial charge in [-0.05, 0) is 54.2 Å². The zero-order valence-corrected chi connectivity index (χ0v) is 14.9. The highest BCUT2D eigenvalue weighted by atomic mass is 19.3. The second-order valence-electron chi connectivity index (χ2n) is 6.33. The van der Waals surface area contributed by atoms with Crippen molar-refractivity contribution in [3.8, 4) is 17.2 Å². The van der Waals surface area contributed by atoms with Crippen LogP contribution in [-0.2, 0) is 6.54 Å². The Bertz CT molecular complexity index is 717. The lowest BCUT2D eigenvalue weighted by Crippen LogP contribution is -2.22. The molecule has 1 aliphatic rings. The van der Waals surface area contributed by atoms with E-state index in [1.54, 1.807) is 19.2 Å². The van der Waals surface area contributed by atoms with Crippen LogP contribution in [0, 0.1) is 5.92 Å². The third-order valence-electron chi connectivity index (χ3n) is 4.54. The molecular weight excluding hydrogens is 340 g/mol. The molecule has 1 fully saturated rings. The summed E-state index contributed by atoms with van der Waals surface area (Å²) >= 11 is 0. The van der Waals surface area contributed by atoms with E-state index >= 15 is 0 Å². The van der Waals surface area contributed by atoms with Crippen molar-refractivity contribution >= 4 is 0 Å². The SMILES string of the molecule is COc1ccc(C(NCc2ccc(OC(F)F)c(OC)c2)C2CC2)cc1. The molecule has 1 N–H and O–H groups in total. The fourth-order valence-electron chi connectivity index (χ4n) is 3.04. The number of halogens is 2. The van der Waals surface area contributed by atoms with Crippen molar-refractivity contribution < 1.29 is 23.0 Å². The maximum atomic E-state index is 12.4. The highest BCUT2D eigenvalue weighted by Gasteiger charge is 2.32. The van der Waals surface area contributed by atoms with Crippen LogP contribution in [0.1, 0.15) is 30.0 Å². The summed E-state index contributed by atoms with van der Waals surface area (Å²) in [6, 6.07) is 13.3. The number of benzene rings is 2. The van der Waals surface area contributed by atoms with Crippen molar-refractivity contribution in [3.63, 3.8) is 0 Å². The Hall–Kier alpha value is -2.34. The average molecular weight is 363 g/mol. The fourth-order valence-corrected chi connectivity index (χ4v) is 3.04. The van der Waals surface area contributed by atoms with Gasteiger partial charge >= 0.3 is 6.61 Å². The van der Waals surface area contributed by atoms with E-state index < -0.39 is 6.61 Å².